The summed E-state index contributed by atoms with van der Waals surface area (Å²) in [6.07, 6.45) is 0.566. The highest BCUT2D eigenvalue weighted by Crippen LogP contribution is 2.18. The van der Waals surface area contributed by atoms with Crippen molar-refractivity contribution in [1.82, 2.24) is 20.4 Å². The minimum absolute atomic E-state index is 0.0800. The predicted molar refractivity (Wildman–Crippen MR) is 113 cm³/mol. The lowest BCUT2D eigenvalue weighted by Crippen LogP contribution is -2.43. The lowest BCUT2D eigenvalue weighted by Gasteiger charge is -2.31. The molecule has 8 heteroatoms. The second-order valence-corrected chi connectivity index (χ2v) is 7.46. The molecule has 3 aromatic rings. The van der Waals surface area contributed by atoms with E-state index in [2.05, 4.69) is 20.4 Å². The summed E-state index contributed by atoms with van der Waals surface area (Å²) in [7, 11) is 0. The Kier molecular flexibility index (Phi) is 7.01. The number of ether oxygens (including phenoxy) is 1. The number of rotatable bonds is 8. The van der Waals surface area contributed by atoms with Crippen molar-refractivity contribution >= 4 is 5.91 Å². The Labute approximate surface area is 180 Å². The third kappa shape index (κ3) is 5.96. The normalized spacial score (nSPS) is 15.5. The van der Waals surface area contributed by atoms with Crippen LogP contribution in [0.2, 0.25) is 0 Å². The molecule has 2 heterocycles. The minimum Gasteiger partial charge on any atom is -0.379 e. The smallest absolute Gasteiger partial charge is 0.227 e. The van der Waals surface area contributed by atoms with Crippen LogP contribution >= 0.6 is 0 Å². The molecule has 0 saturated carbocycles. The first-order valence-electron chi connectivity index (χ1n) is 10.4. The van der Waals surface area contributed by atoms with Gasteiger partial charge in [0.1, 0.15) is 5.82 Å². The summed E-state index contributed by atoms with van der Waals surface area (Å²) in [5, 5.41) is 7.06. The highest BCUT2D eigenvalue weighted by molar-refractivity contribution is 5.76. The van der Waals surface area contributed by atoms with Crippen LogP contribution in [0.3, 0.4) is 0 Å². The summed E-state index contributed by atoms with van der Waals surface area (Å²) in [4.78, 5) is 19.3. The molecular weight excluding hydrogens is 399 g/mol. The number of aryl methyl sites for hydroxylation is 1. The Morgan fingerprint density at radius 2 is 1.84 bits per heavy atom. The lowest BCUT2D eigenvalue weighted by atomic mass is 10.1. The first-order valence-corrected chi connectivity index (χ1v) is 10.4. The van der Waals surface area contributed by atoms with Crippen molar-refractivity contribution in [2.24, 2.45) is 0 Å². The van der Waals surface area contributed by atoms with E-state index in [1.807, 2.05) is 30.3 Å². The van der Waals surface area contributed by atoms with Gasteiger partial charge in [-0.25, -0.2) is 4.39 Å². The zero-order valence-electron chi connectivity index (χ0n) is 17.2. The number of aromatic nitrogens is 2. The van der Waals surface area contributed by atoms with Crippen LogP contribution in [0, 0.1) is 5.82 Å². The standard InChI is InChI=1S/C23H25FN4O3/c24-19-8-6-18(7-9-19)23-26-22(31-27-23)11-10-21(29)25-20(17-4-2-1-3-5-17)16-28-12-14-30-15-13-28/h1-9,20H,10-16H2,(H,25,29)/t20-/m0/s1. The number of morpholine rings is 1. The van der Waals surface area contributed by atoms with Gasteiger partial charge in [-0.2, -0.15) is 4.98 Å². The van der Waals surface area contributed by atoms with Gasteiger partial charge in [-0.3, -0.25) is 9.69 Å². The Morgan fingerprint density at radius 3 is 2.58 bits per heavy atom. The van der Waals surface area contributed by atoms with Crippen LogP contribution < -0.4 is 5.32 Å². The fourth-order valence-corrected chi connectivity index (χ4v) is 3.52. The van der Waals surface area contributed by atoms with Crippen molar-refractivity contribution in [3.8, 4) is 11.4 Å². The molecule has 7 nitrogen and oxygen atoms in total. The molecule has 31 heavy (non-hydrogen) atoms. The maximum absolute atomic E-state index is 13.1. The Hall–Kier alpha value is -3.10. The molecule has 162 valence electrons. The van der Waals surface area contributed by atoms with E-state index in [1.165, 1.54) is 12.1 Å². The van der Waals surface area contributed by atoms with Crippen molar-refractivity contribution < 1.29 is 18.4 Å². The van der Waals surface area contributed by atoms with Crippen LogP contribution in [-0.2, 0) is 16.0 Å². The van der Waals surface area contributed by atoms with Gasteiger partial charge in [0.15, 0.2) is 0 Å². The molecule has 1 aliphatic rings. The van der Waals surface area contributed by atoms with Gasteiger partial charge in [-0.05, 0) is 29.8 Å². The van der Waals surface area contributed by atoms with Crippen molar-refractivity contribution in [2.75, 3.05) is 32.8 Å². The topological polar surface area (TPSA) is 80.5 Å². The zero-order valence-corrected chi connectivity index (χ0v) is 17.2. The molecule has 0 radical (unpaired) electrons. The summed E-state index contributed by atoms with van der Waals surface area (Å²) in [6, 6.07) is 15.7. The van der Waals surface area contributed by atoms with Crippen LogP contribution in [0.5, 0.6) is 0 Å². The van der Waals surface area contributed by atoms with E-state index < -0.39 is 0 Å². The summed E-state index contributed by atoms with van der Waals surface area (Å²) in [5.41, 5.74) is 1.73. The molecule has 1 fully saturated rings. The summed E-state index contributed by atoms with van der Waals surface area (Å²) < 4.78 is 23.8. The average molecular weight is 424 g/mol. The maximum Gasteiger partial charge on any atom is 0.227 e. The number of nitrogens with zero attached hydrogens (tertiary/aromatic N) is 3. The quantitative estimate of drug-likeness (QED) is 0.599. The van der Waals surface area contributed by atoms with Crippen molar-refractivity contribution in [3.05, 3.63) is 71.9 Å². The van der Waals surface area contributed by atoms with Gasteiger partial charge in [0.25, 0.3) is 0 Å². The number of halogens is 1. The number of amides is 1. The van der Waals surface area contributed by atoms with E-state index in [1.54, 1.807) is 12.1 Å². The molecule has 1 aliphatic heterocycles. The number of hydrogen-bond donors (Lipinski definition) is 1. The van der Waals surface area contributed by atoms with Gasteiger partial charge < -0.3 is 14.6 Å². The number of hydrogen-bond acceptors (Lipinski definition) is 6. The highest BCUT2D eigenvalue weighted by Gasteiger charge is 2.20. The first-order chi connectivity index (χ1) is 15.2. The fourth-order valence-electron chi connectivity index (χ4n) is 3.52. The van der Waals surface area contributed by atoms with Crippen molar-refractivity contribution in [3.63, 3.8) is 0 Å². The minimum atomic E-state index is -0.325. The molecule has 2 aromatic carbocycles. The Balaban J connectivity index is 1.35. The second-order valence-electron chi connectivity index (χ2n) is 7.46. The van der Waals surface area contributed by atoms with Gasteiger partial charge in [-0.1, -0.05) is 35.5 Å². The zero-order chi connectivity index (χ0) is 21.5. The van der Waals surface area contributed by atoms with Gasteiger partial charge in [0.05, 0.1) is 19.3 Å². The van der Waals surface area contributed by atoms with E-state index >= 15 is 0 Å². The van der Waals surface area contributed by atoms with Gasteiger partial charge in [0.2, 0.25) is 17.6 Å². The average Bonchev–Trinajstić information content (AvgIpc) is 3.28. The SMILES string of the molecule is O=C(CCc1nc(-c2ccc(F)cc2)no1)N[C@@H](CN1CCOCC1)c1ccccc1. The van der Waals surface area contributed by atoms with Crippen molar-refractivity contribution in [2.45, 2.75) is 18.9 Å². The third-order valence-corrected chi connectivity index (χ3v) is 5.22. The maximum atomic E-state index is 13.1. The first kappa shape index (κ1) is 21.1. The van der Waals surface area contributed by atoms with Gasteiger partial charge in [-0.15, -0.1) is 0 Å². The molecule has 1 aromatic heterocycles. The van der Waals surface area contributed by atoms with Crippen LogP contribution in [0.25, 0.3) is 11.4 Å². The van der Waals surface area contributed by atoms with E-state index in [0.717, 1.165) is 25.2 Å². The molecule has 1 atom stereocenters. The highest BCUT2D eigenvalue weighted by atomic mass is 19.1. The molecule has 0 unspecified atom stereocenters. The number of carbonyl (C=O) groups is 1. The van der Waals surface area contributed by atoms with E-state index in [9.17, 15) is 9.18 Å². The molecule has 0 bridgehead atoms. The van der Waals surface area contributed by atoms with Crippen LogP contribution in [0.15, 0.2) is 59.1 Å². The molecule has 0 aliphatic carbocycles. The predicted octanol–water partition coefficient (Wildman–Crippen LogP) is 3.00. The molecular formula is C23H25FN4O3. The summed E-state index contributed by atoms with van der Waals surface area (Å²) in [6.45, 7) is 3.86. The van der Waals surface area contributed by atoms with Crippen molar-refractivity contribution in [1.29, 1.82) is 0 Å². The number of benzene rings is 2. The monoisotopic (exact) mass is 424 g/mol. The summed E-state index contributed by atoms with van der Waals surface area (Å²) >= 11 is 0. The number of nitrogens with one attached hydrogen (secondary N) is 1. The van der Waals surface area contributed by atoms with E-state index in [0.29, 0.717) is 36.9 Å². The molecule has 4 rings (SSSR count). The lowest BCUT2D eigenvalue weighted by molar-refractivity contribution is -0.122. The molecule has 0 spiro atoms. The Morgan fingerprint density at radius 1 is 1.10 bits per heavy atom. The largest absolute Gasteiger partial charge is 0.379 e. The van der Waals surface area contributed by atoms with Crippen LogP contribution in [0.1, 0.15) is 23.9 Å². The van der Waals surface area contributed by atoms with Gasteiger partial charge in [0, 0.05) is 38.0 Å². The summed E-state index contributed by atoms with van der Waals surface area (Å²) in [5.74, 6) is 0.349. The molecule has 1 saturated heterocycles. The molecule has 1 amide bonds. The third-order valence-electron chi connectivity index (χ3n) is 5.22. The molecule has 1 N–H and O–H groups in total. The fraction of sp³-hybridized carbons (Fsp3) is 0.348. The van der Waals surface area contributed by atoms with Gasteiger partial charge >= 0.3 is 0 Å². The Bertz CT molecular complexity index is 972. The second kappa shape index (κ2) is 10.3. The van der Waals surface area contributed by atoms with Crippen LogP contribution in [0.4, 0.5) is 4.39 Å². The van der Waals surface area contributed by atoms with E-state index in [-0.39, 0.29) is 24.2 Å². The van der Waals surface area contributed by atoms with Crippen LogP contribution in [-0.4, -0.2) is 53.8 Å². The van der Waals surface area contributed by atoms with E-state index in [4.69, 9.17) is 9.26 Å². The number of carbonyl (C=O) groups excluding carboxylic acids is 1.